The van der Waals surface area contributed by atoms with Crippen molar-refractivity contribution in [2.24, 2.45) is 0 Å². The van der Waals surface area contributed by atoms with Crippen LogP contribution in [0.15, 0.2) is 24.3 Å². The van der Waals surface area contributed by atoms with Crippen molar-refractivity contribution in [1.29, 1.82) is 0 Å². The third-order valence-electron chi connectivity index (χ3n) is 4.47. The minimum absolute atomic E-state index is 1.10. The van der Waals surface area contributed by atoms with Crippen molar-refractivity contribution in [3.8, 4) is 5.75 Å². The first-order valence-corrected chi connectivity index (χ1v) is 12.2. The molecule has 0 bridgehead atoms. The number of rotatable bonds is 12. The van der Waals surface area contributed by atoms with E-state index in [-0.39, 0.29) is 0 Å². The molecule has 1 aromatic carbocycles. The lowest BCUT2D eigenvalue weighted by Gasteiger charge is -2.29. The Morgan fingerprint density at radius 1 is 0.864 bits per heavy atom. The molecule has 1 nitrogen and oxygen atoms in total. The summed E-state index contributed by atoms with van der Waals surface area (Å²) in [6.07, 6.45) is 10.8. The molecule has 22 heavy (non-hydrogen) atoms. The van der Waals surface area contributed by atoms with Crippen LogP contribution in [0.5, 0.6) is 5.75 Å². The van der Waals surface area contributed by atoms with Gasteiger partial charge in [-0.3, -0.25) is 0 Å². The Kier molecular flexibility index (Phi) is 9.54. The Balaban J connectivity index is 2.58. The van der Waals surface area contributed by atoms with Gasteiger partial charge in [0.2, 0.25) is 8.32 Å². The van der Waals surface area contributed by atoms with Crippen molar-refractivity contribution in [2.75, 3.05) is 0 Å². The van der Waals surface area contributed by atoms with E-state index in [9.17, 15) is 0 Å². The molecular formula is C20H36OSi. The molecule has 0 N–H and O–H groups in total. The molecule has 0 saturated heterocycles. The Morgan fingerprint density at radius 2 is 1.45 bits per heavy atom. The van der Waals surface area contributed by atoms with E-state index in [1.54, 1.807) is 0 Å². The van der Waals surface area contributed by atoms with Crippen LogP contribution in [0.2, 0.25) is 18.6 Å². The second-order valence-corrected chi connectivity index (χ2v) is 11.1. The van der Waals surface area contributed by atoms with Crippen LogP contribution in [0.4, 0.5) is 0 Å². The standard InChI is InChI=1S/C20H36OSi/c1-5-7-9-11-16-22(4,17-12-10-8-6-2)21-20-15-13-14-19(3)18-20/h13-15,18H,5-12,16-17H2,1-4H3. The zero-order valence-electron chi connectivity index (χ0n) is 15.3. The van der Waals surface area contributed by atoms with Crippen molar-refractivity contribution in [3.63, 3.8) is 0 Å². The molecule has 0 aromatic heterocycles. The van der Waals surface area contributed by atoms with Crippen molar-refractivity contribution in [1.82, 2.24) is 0 Å². The number of aryl methyl sites for hydroxylation is 1. The molecule has 0 fully saturated rings. The maximum Gasteiger partial charge on any atom is 0.248 e. The minimum atomic E-state index is -1.61. The molecule has 0 spiro atoms. The molecule has 0 aliphatic rings. The smallest absolute Gasteiger partial charge is 0.248 e. The monoisotopic (exact) mass is 320 g/mol. The fourth-order valence-electron chi connectivity index (χ4n) is 3.04. The Labute approximate surface area is 139 Å². The van der Waals surface area contributed by atoms with Crippen molar-refractivity contribution < 1.29 is 4.43 Å². The number of unbranched alkanes of at least 4 members (excludes halogenated alkanes) is 6. The maximum absolute atomic E-state index is 6.58. The summed E-state index contributed by atoms with van der Waals surface area (Å²) in [4.78, 5) is 0. The molecule has 0 aliphatic heterocycles. The molecule has 0 amide bonds. The predicted octanol–water partition coefficient (Wildman–Crippen LogP) is 7.11. The first-order valence-electron chi connectivity index (χ1n) is 9.35. The second kappa shape index (κ2) is 10.9. The van der Waals surface area contributed by atoms with Gasteiger partial charge < -0.3 is 4.43 Å². The normalized spacial score (nSPS) is 11.6. The van der Waals surface area contributed by atoms with Crippen LogP contribution in [-0.4, -0.2) is 8.32 Å². The predicted molar refractivity (Wildman–Crippen MR) is 101 cm³/mol. The van der Waals surface area contributed by atoms with Crippen molar-refractivity contribution >= 4 is 8.32 Å². The van der Waals surface area contributed by atoms with Gasteiger partial charge in [0.25, 0.3) is 0 Å². The number of hydrogen-bond donors (Lipinski definition) is 0. The quantitative estimate of drug-likeness (QED) is 0.294. The molecule has 1 rings (SSSR count). The van der Waals surface area contributed by atoms with E-state index < -0.39 is 8.32 Å². The summed E-state index contributed by atoms with van der Waals surface area (Å²) in [6.45, 7) is 9.16. The van der Waals surface area contributed by atoms with E-state index in [2.05, 4.69) is 51.6 Å². The van der Waals surface area contributed by atoms with Gasteiger partial charge in [-0.15, -0.1) is 0 Å². The summed E-state index contributed by atoms with van der Waals surface area (Å²) < 4.78 is 6.58. The average molecular weight is 321 g/mol. The molecule has 0 heterocycles. The van der Waals surface area contributed by atoms with Gasteiger partial charge in [-0.2, -0.15) is 0 Å². The Morgan fingerprint density at radius 3 is 1.95 bits per heavy atom. The number of benzene rings is 1. The summed E-state index contributed by atoms with van der Waals surface area (Å²) >= 11 is 0. The van der Waals surface area contributed by atoms with E-state index >= 15 is 0 Å². The summed E-state index contributed by atoms with van der Waals surface area (Å²) in [5.41, 5.74) is 1.30. The summed E-state index contributed by atoms with van der Waals surface area (Å²) in [6, 6.07) is 11.2. The van der Waals surface area contributed by atoms with E-state index in [1.165, 1.54) is 69.0 Å². The highest BCUT2D eigenvalue weighted by Gasteiger charge is 2.29. The lowest BCUT2D eigenvalue weighted by molar-refractivity contribution is 0.520. The van der Waals surface area contributed by atoms with Gasteiger partial charge in [0.15, 0.2) is 0 Å². The van der Waals surface area contributed by atoms with E-state index in [0.717, 1.165) is 5.75 Å². The average Bonchev–Trinajstić information content (AvgIpc) is 2.48. The zero-order chi connectivity index (χ0) is 16.3. The third kappa shape index (κ3) is 8.02. The van der Waals surface area contributed by atoms with Gasteiger partial charge >= 0.3 is 0 Å². The lowest BCUT2D eigenvalue weighted by Crippen LogP contribution is -2.38. The first-order chi connectivity index (χ1) is 10.6. The van der Waals surface area contributed by atoms with Gasteiger partial charge in [-0.1, -0.05) is 77.3 Å². The van der Waals surface area contributed by atoms with Gasteiger partial charge in [0.1, 0.15) is 5.75 Å². The van der Waals surface area contributed by atoms with Gasteiger partial charge in [0, 0.05) is 0 Å². The van der Waals surface area contributed by atoms with Gasteiger partial charge in [-0.25, -0.2) is 0 Å². The summed E-state index contributed by atoms with van der Waals surface area (Å²) in [7, 11) is -1.61. The van der Waals surface area contributed by atoms with E-state index in [4.69, 9.17) is 4.43 Å². The molecular weight excluding hydrogens is 284 g/mol. The van der Waals surface area contributed by atoms with Gasteiger partial charge in [-0.05, 0) is 43.3 Å². The van der Waals surface area contributed by atoms with Gasteiger partial charge in [0.05, 0.1) is 0 Å². The molecule has 0 unspecified atom stereocenters. The van der Waals surface area contributed by atoms with Crippen LogP contribution in [0.3, 0.4) is 0 Å². The van der Waals surface area contributed by atoms with Crippen molar-refractivity contribution in [3.05, 3.63) is 29.8 Å². The molecule has 126 valence electrons. The molecule has 0 saturated carbocycles. The molecule has 0 radical (unpaired) electrons. The third-order valence-corrected chi connectivity index (χ3v) is 8.02. The number of hydrogen-bond acceptors (Lipinski definition) is 1. The molecule has 2 heteroatoms. The lowest BCUT2D eigenvalue weighted by atomic mass is 10.2. The fourth-order valence-corrected chi connectivity index (χ4v) is 6.19. The second-order valence-electron chi connectivity index (χ2n) is 6.99. The fraction of sp³-hybridized carbons (Fsp3) is 0.700. The van der Waals surface area contributed by atoms with Crippen LogP contribution in [0, 0.1) is 6.92 Å². The summed E-state index contributed by atoms with van der Waals surface area (Å²) in [5.74, 6) is 1.10. The largest absolute Gasteiger partial charge is 0.544 e. The highest BCUT2D eigenvalue weighted by Crippen LogP contribution is 2.27. The van der Waals surface area contributed by atoms with Crippen LogP contribution in [0.25, 0.3) is 0 Å². The Bertz CT molecular complexity index is 390. The highest BCUT2D eigenvalue weighted by atomic mass is 28.4. The molecule has 0 aliphatic carbocycles. The van der Waals surface area contributed by atoms with Crippen LogP contribution in [-0.2, 0) is 0 Å². The summed E-state index contributed by atoms with van der Waals surface area (Å²) in [5, 5.41) is 0. The highest BCUT2D eigenvalue weighted by molar-refractivity contribution is 6.73. The Hall–Kier alpha value is -0.763. The SMILES string of the molecule is CCCCCC[Si](C)(CCCCCC)Oc1cccc(C)c1. The first kappa shape index (κ1) is 19.3. The topological polar surface area (TPSA) is 9.23 Å². The van der Waals surface area contributed by atoms with Crippen molar-refractivity contribution in [2.45, 2.75) is 90.8 Å². The van der Waals surface area contributed by atoms with Crippen LogP contribution >= 0.6 is 0 Å². The molecule has 1 aromatic rings. The van der Waals surface area contributed by atoms with E-state index in [1.807, 2.05) is 0 Å². The zero-order valence-corrected chi connectivity index (χ0v) is 16.3. The van der Waals surface area contributed by atoms with Crippen LogP contribution in [0.1, 0.15) is 70.8 Å². The van der Waals surface area contributed by atoms with E-state index in [0.29, 0.717) is 0 Å². The minimum Gasteiger partial charge on any atom is -0.544 e. The molecule has 0 atom stereocenters. The van der Waals surface area contributed by atoms with Crippen LogP contribution < -0.4 is 4.43 Å². The maximum atomic E-state index is 6.58.